The summed E-state index contributed by atoms with van der Waals surface area (Å²) in [5, 5.41) is 10.5. The fraction of sp³-hybridized carbons (Fsp3) is 0.300. The fourth-order valence-electron chi connectivity index (χ4n) is 1.43. The van der Waals surface area contributed by atoms with Gasteiger partial charge in [-0.3, -0.25) is 0 Å². The highest BCUT2D eigenvalue weighted by molar-refractivity contribution is 5.42. The monoisotopic (exact) mass is 221 g/mol. The lowest BCUT2D eigenvalue weighted by Gasteiger charge is -2.07. The van der Waals surface area contributed by atoms with Gasteiger partial charge in [0.15, 0.2) is 18.0 Å². The first-order chi connectivity index (χ1) is 7.83. The number of hydrogen-bond acceptors (Lipinski definition) is 4. The smallest absolute Gasteiger partial charge is 0.296 e. The Hall–Kier alpha value is -2.11. The average molecular weight is 221 g/mol. The maximum absolute atomic E-state index is 5.22. The normalized spacial score (nSPS) is 10.1. The number of aromatic nitrogens is 4. The summed E-state index contributed by atoms with van der Waals surface area (Å²) in [6.45, 7) is 0.611. The lowest BCUT2D eigenvalue weighted by atomic mass is 10.2. The number of hydrogen-bond donors (Lipinski definition) is 1. The van der Waals surface area contributed by atoms with Gasteiger partial charge in [-0.05, 0) is 22.4 Å². The molecule has 1 heterocycles. The van der Waals surface area contributed by atoms with Crippen LogP contribution in [0.4, 0.5) is 0 Å². The number of aromatic amines is 1. The molecule has 2 rings (SSSR count). The number of tetrazole rings is 1. The van der Waals surface area contributed by atoms with Crippen LogP contribution in [0.15, 0.2) is 24.5 Å². The van der Waals surface area contributed by atoms with Gasteiger partial charge >= 0.3 is 0 Å². The molecule has 6 nitrogen and oxygen atoms in total. The minimum absolute atomic E-state index is 0.611. The Labute approximate surface area is 92.8 Å². The average Bonchev–Trinajstić information content (AvgIpc) is 2.81. The predicted octanol–water partition coefficient (Wildman–Crippen LogP) is 0.158. The van der Waals surface area contributed by atoms with E-state index in [1.807, 2.05) is 18.2 Å². The first kappa shape index (κ1) is 10.4. The Morgan fingerprint density at radius 3 is 2.69 bits per heavy atom. The van der Waals surface area contributed by atoms with Crippen molar-refractivity contribution in [3.63, 3.8) is 0 Å². The minimum atomic E-state index is 0.611. The van der Waals surface area contributed by atoms with Gasteiger partial charge in [-0.2, -0.15) is 0 Å². The van der Waals surface area contributed by atoms with Gasteiger partial charge in [0.1, 0.15) is 0 Å². The van der Waals surface area contributed by atoms with Gasteiger partial charge in [0.25, 0.3) is 6.33 Å². The first-order valence-electron chi connectivity index (χ1n) is 4.80. The van der Waals surface area contributed by atoms with Crippen molar-refractivity contribution in [2.24, 2.45) is 0 Å². The molecular formula is C10H13N4O2+. The van der Waals surface area contributed by atoms with Crippen LogP contribution in [-0.2, 0) is 6.54 Å². The lowest BCUT2D eigenvalue weighted by molar-refractivity contribution is -0.798. The van der Waals surface area contributed by atoms with Crippen LogP contribution in [-0.4, -0.2) is 29.6 Å². The van der Waals surface area contributed by atoms with E-state index < -0.39 is 0 Å². The quantitative estimate of drug-likeness (QED) is 0.747. The van der Waals surface area contributed by atoms with Gasteiger partial charge in [0, 0.05) is 5.56 Å². The fourth-order valence-corrected chi connectivity index (χ4v) is 1.43. The van der Waals surface area contributed by atoms with Crippen LogP contribution in [0.3, 0.4) is 0 Å². The molecule has 0 aliphatic carbocycles. The van der Waals surface area contributed by atoms with Gasteiger partial charge in [-0.1, -0.05) is 10.9 Å². The molecule has 0 radical (unpaired) electrons. The van der Waals surface area contributed by atoms with Gasteiger partial charge < -0.3 is 9.47 Å². The molecule has 0 amide bonds. The SMILES string of the molecule is COc1ccc(C[n+]2ncn[nH]2)cc1OC. The van der Waals surface area contributed by atoms with Crippen molar-refractivity contribution in [1.29, 1.82) is 0 Å². The summed E-state index contributed by atoms with van der Waals surface area (Å²) in [4.78, 5) is 1.63. The van der Waals surface area contributed by atoms with Crippen molar-refractivity contribution in [2.75, 3.05) is 14.2 Å². The molecule has 0 atom stereocenters. The highest BCUT2D eigenvalue weighted by atomic mass is 16.5. The number of rotatable bonds is 4. The molecule has 6 heteroatoms. The largest absolute Gasteiger partial charge is 0.493 e. The van der Waals surface area contributed by atoms with Gasteiger partial charge in [-0.15, -0.1) is 0 Å². The Bertz CT molecular complexity index is 456. The van der Waals surface area contributed by atoms with E-state index in [0.717, 1.165) is 5.56 Å². The summed E-state index contributed by atoms with van der Waals surface area (Å²) in [5.41, 5.74) is 1.06. The highest BCUT2D eigenvalue weighted by Crippen LogP contribution is 2.27. The molecule has 0 aliphatic rings. The van der Waals surface area contributed by atoms with Crippen molar-refractivity contribution in [1.82, 2.24) is 15.4 Å². The third-order valence-corrected chi connectivity index (χ3v) is 2.20. The molecule has 1 aromatic heterocycles. The zero-order chi connectivity index (χ0) is 11.4. The molecule has 0 spiro atoms. The molecule has 0 saturated heterocycles. The maximum atomic E-state index is 5.22. The van der Waals surface area contributed by atoms with Crippen LogP contribution >= 0.6 is 0 Å². The van der Waals surface area contributed by atoms with E-state index >= 15 is 0 Å². The van der Waals surface area contributed by atoms with Gasteiger partial charge in [0.2, 0.25) is 0 Å². The van der Waals surface area contributed by atoms with Crippen LogP contribution in [0, 0.1) is 0 Å². The molecule has 0 aliphatic heterocycles. The van der Waals surface area contributed by atoms with Crippen molar-refractivity contribution in [3.8, 4) is 11.5 Å². The van der Waals surface area contributed by atoms with Crippen LogP contribution in [0.2, 0.25) is 0 Å². The summed E-state index contributed by atoms with van der Waals surface area (Å²) >= 11 is 0. The van der Waals surface area contributed by atoms with E-state index in [2.05, 4.69) is 15.4 Å². The first-order valence-corrected chi connectivity index (χ1v) is 4.80. The van der Waals surface area contributed by atoms with Crippen LogP contribution in [0.5, 0.6) is 11.5 Å². The number of nitrogens with zero attached hydrogens (tertiary/aromatic N) is 3. The third-order valence-electron chi connectivity index (χ3n) is 2.20. The Kier molecular flexibility index (Phi) is 3.00. The van der Waals surface area contributed by atoms with E-state index in [0.29, 0.717) is 18.0 Å². The molecule has 0 bridgehead atoms. The summed E-state index contributed by atoms with van der Waals surface area (Å²) in [6.07, 6.45) is 1.46. The molecule has 0 unspecified atom stereocenters. The molecule has 1 aromatic carbocycles. The number of H-pyrrole nitrogens is 1. The maximum Gasteiger partial charge on any atom is 0.296 e. The van der Waals surface area contributed by atoms with E-state index in [1.54, 1.807) is 19.0 Å². The van der Waals surface area contributed by atoms with Crippen molar-refractivity contribution < 1.29 is 14.3 Å². The van der Waals surface area contributed by atoms with Crippen LogP contribution in [0.1, 0.15) is 5.56 Å². The topological polar surface area (TPSA) is 63.9 Å². The summed E-state index contributed by atoms with van der Waals surface area (Å²) < 4.78 is 10.4. The van der Waals surface area contributed by atoms with E-state index in [4.69, 9.17) is 9.47 Å². The molecule has 1 N–H and O–H groups in total. The highest BCUT2D eigenvalue weighted by Gasteiger charge is 2.07. The van der Waals surface area contributed by atoms with E-state index in [1.165, 1.54) is 6.33 Å². The molecule has 0 fully saturated rings. The van der Waals surface area contributed by atoms with Crippen LogP contribution < -0.4 is 14.3 Å². The van der Waals surface area contributed by atoms with Crippen LogP contribution in [0.25, 0.3) is 0 Å². The lowest BCUT2D eigenvalue weighted by Crippen LogP contribution is -2.39. The molecule has 2 aromatic rings. The molecule has 0 saturated carbocycles. The zero-order valence-corrected chi connectivity index (χ0v) is 9.17. The summed E-state index contributed by atoms with van der Waals surface area (Å²) in [7, 11) is 3.23. The second-order valence-electron chi connectivity index (χ2n) is 3.21. The van der Waals surface area contributed by atoms with E-state index in [-0.39, 0.29) is 0 Å². The van der Waals surface area contributed by atoms with Crippen molar-refractivity contribution in [3.05, 3.63) is 30.1 Å². The Morgan fingerprint density at radius 1 is 1.25 bits per heavy atom. The second kappa shape index (κ2) is 4.61. The van der Waals surface area contributed by atoms with Gasteiger partial charge in [-0.25, -0.2) is 0 Å². The third kappa shape index (κ3) is 2.10. The number of nitrogens with one attached hydrogen (secondary N) is 1. The van der Waals surface area contributed by atoms with Gasteiger partial charge in [0.05, 0.1) is 19.3 Å². The Morgan fingerprint density at radius 2 is 2.06 bits per heavy atom. The Balaban J connectivity index is 2.22. The second-order valence-corrected chi connectivity index (χ2v) is 3.21. The molecular weight excluding hydrogens is 208 g/mol. The molecule has 16 heavy (non-hydrogen) atoms. The zero-order valence-electron chi connectivity index (χ0n) is 9.17. The minimum Gasteiger partial charge on any atom is -0.493 e. The molecule has 84 valence electrons. The number of benzene rings is 1. The van der Waals surface area contributed by atoms with Crippen molar-refractivity contribution >= 4 is 0 Å². The van der Waals surface area contributed by atoms with Crippen molar-refractivity contribution in [2.45, 2.75) is 6.54 Å². The number of methoxy groups -OCH3 is 2. The number of ether oxygens (including phenoxy) is 2. The predicted molar refractivity (Wildman–Crippen MR) is 55.2 cm³/mol. The summed E-state index contributed by atoms with van der Waals surface area (Å²) in [5.74, 6) is 1.42. The summed E-state index contributed by atoms with van der Waals surface area (Å²) in [6, 6.07) is 5.73. The van der Waals surface area contributed by atoms with E-state index in [9.17, 15) is 0 Å². The standard InChI is InChI=1S/C10H12N4O2/c1-15-9-4-3-8(5-10(9)16-2)6-14-12-7-11-13-14/h3-5,7H,6H2,1-2H3/p+1.